The third-order valence-electron chi connectivity index (χ3n) is 14.7. The number of benzene rings is 5. The van der Waals surface area contributed by atoms with E-state index in [0.29, 0.717) is 98.0 Å². The summed E-state index contributed by atoms with van der Waals surface area (Å²) in [7, 11) is 4.06. The Morgan fingerprint density at radius 3 is 2.10 bits per heavy atom. The molecule has 4 aliphatic rings. The van der Waals surface area contributed by atoms with Gasteiger partial charge in [-0.05, 0) is 91.4 Å². The lowest BCUT2D eigenvalue weighted by atomic mass is 10.1. The SMILES string of the molecule is CNc1cc(OCc2cc(COc3cc4c(cc3OC)C(=O)N3c5ccccc5C[C@H]3C=N4)cc(N(CCOCCOCCOC)CC(C)(C)SSCCC(C(=O)ON3C(=O)CCC3=O)S(=O)(=O)O)c2)c(OC)cc1C(=O)N1CCc2ccccc21. The van der Waals surface area contributed by atoms with Crippen LogP contribution in [-0.4, -0.2) is 157 Å². The molecule has 86 heavy (non-hydrogen) atoms. The van der Waals surface area contributed by atoms with E-state index in [1.807, 2.05) is 80.6 Å². The van der Waals surface area contributed by atoms with Gasteiger partial charge in [-0.25, -0.2) is 4.79 Å². The smallest absolute Gasteiger partial charge is 0.353 e. The number of hydroxylamine groups is 2. The monoisotopic (exact) mass is 1240 g/mol. The maximum atomic E-state index is 14.3. The molecule has 1 unspecified atom stereocenters. The van der Waals surface area contributed by atoms with Gasteiger partial charge in [-0.2, -0.15) is 8.42 Å². The van der Waals surface area contributed by atoms with Crippen LogP contribution in [-0.2, 0) is 69.6 Å². The summed E-state index contributed by atoms with van der Waals surface area (Å²) in [5.74, 6) is -1.94. The van der Waals surface area contributed by atoms with Crippen LogP contribution in [0.1, 0.15) is 76.1 Å². The number of para-hydroxylation sites is 2. The van der Waals surface area contributed by atoms with Gasteiger partial charge in [-0.1, -0.05) is 58.0 Å². The first-order valence-corrected chi connectivity index (χ1v) is 31.8. The first-order chi connectivity index (χ1) is 41.4. The molecule has 4 aliphatic heterocycles. The fourth-order valence-corrected chi connectivity index (χ4v) is 13.9. The molecule has 0 aliphatic carbocycles. The number of anilines is 4. The van der Waals surface area contributed by atoms with Crippen LogP contribution in [0.3, 0.4) is 0 Å². The molecule has 1 fully saturated rings. The number of imide groups is 1. The van der Waals surface area contributed by atoms with Gasteiger partial charge in [0.15, 0.2) is 28.2 Å². The van der Waals surface area contributed by atoms with Crippen LogP contribution >= 0.6 is 21.6 Å². The number of hydrogen-bond donors (Lipinski definition) is 2. The number of carbonyl (C=O) groups is 5. The average molecular weight is 1240 g/mol. The largest absolute Gasteiger partial charge is 0.493 e. The fraction of sp³-hybridized carbons (Fsp3) is 0.410. The Labute approximate surface area is 507 Å². The van der Waals surface area contributed by atoms with Gasteiger partial charge in [0, 0.05) is 99.0 Å². The zero-order valence-electron chi connectivity index (χ0n) is 48.7. The van der Waals surface area contributed by atoms with Crippen molar-refractivity contribution in [3.8, 4) is 23.0 Å². The standard InChI is InChI=1S/C61H70N6O16S3/c1-61(2,85-84-26-18-55(86(73,74)75)60(72)83-67-56(68)15-16-57(67)69)38-64(20-21-79-24-25-80-23-22-76-4)43-28-39(36-81-53-33-47(62-3)45(31-51(53)77-5)58(70)65-19-17-41-11-7-9-13-49(41)65)27-40(29-43)37-82-54-34-48-46(32-52(54)78-6)59(71)66-44(35-63-48)30-42-12-8-10-14-50(42)66/h7-14,27-29,31-35,44,55,62H,15-26,30,36-38H2,1-6H3,(H,73,74,75)/t44-,55?/m0/s1. The topological polar surface area (TPSA) is 251 Å². The molecule has 25 heteroatoms. The van der Waals surface area contributed by atoms with E-state index in [4.69, 9.17) is 43.0 Å². The summed E-state index contributed by atoms with van der Waals surface area (Å²) in [6, 6.07) is 28.2. The van der Waals surface area contributed by atoms with Crippen molar-refractivity contribution in [2.24, 2.45) is 4.99 Å². The van der Waals surface area contributed by atoms with Crippen LogP contribution < -0.4 is 39.0 Å². The number of rotatable bonds is 30. The van der Waals surface area contributed by atoms with Crippen LogP contribution in [0, 0.1) is 0 Å². The molecule has 4 amide bonds. The van der Waals surface area contributed by atoms with Gasteiger partial charge < -0.3 is 53.1 Å². The minimum absolute atomic E-state index is 0.0219. The van der Waals surface area contributed by atoms with Crippen molar-refractivity contribution >= 4 is 96.0 Å². The molecule has 458 valence electrons. The van der Waals surface area contributed by atoms with E-state index in [-0.39, 0.29) is 67.8 Å². The molecule has 2 N–H and O–H groups in total. The zero-order valence-corrected chi connectivity index (χ0v) is 51.2. The van der Waals surface area contributed by atoms with E-state index in [1.54, 1.807) is 54.4 Å². The summed E-state index contributed by atoms with van der Waals surface area (Å²) in [5, 5.41) is 1.38. The highest BCUT2D eigenvalue weighted by molar-refractivity contribution is 8.77. The highest BCUT2D eigenvalue weighted by Gasteiger charge is 2.40. The summed E-state index contributed by atoms with van der Waals surface area (Å²) in [5.41, 5.74) is 7.83. The zero-order chi connectivity index (χ0) is 61.1. The van der Waals surface area contributed by atoms with Gasteiger partial charge in [0.2, 0.25) is 0 Å². The second-order valence-corrected chi connectivity index (χ2v) is 25.9. The van der Waals surface area contributed by atoms with Crippen molar-refractivity contribution in [1.29, 1.82) is 0 Å². The molecule has 0 spiro atoms. The number of methoxy groups -OCH3 is 3. The first-order valence-electron chi connectivity index (χ1n) is 28.0. The van der Waals surface area contributed by atoms with Crippen molar-refractivity contribution in [1.82, 2.24) is 5.06 Å². The van der Waals surface area contributed by atoms with E-state index >= 15 is 0 Å². The lowest BCUT2D eigenvalue weighted by molar-refractivity contribution is -0.197. The summed E-state index contributed by atoms with van der Waals surface area (Å²) >= 11 is 0. The molecular weight excluding hydrogens is 1170 g/mol. The van der Waals surface area contributed by atoms with Crippen LogP contribution in [0.15, 0.2) is 96.0 Å². The molecule has 5 aromatic carbocycles. The van der Waals surface area contributed by atoms with Gasteiger partial charge in [-0.15, -0.1) is 5.06 Å². The first kappa shape index (κ1) is 63.1. The molecular formula is C61H70N6O16S3. The Morgan fingerprint density at radius 2 is 1.43 bits per heavy atom. The Morgan fingerprint density at radius 1 is 0.791 bits per heavy atom. The number of carbonyl (C=O) groups excluding carboxylic acids is 5. The van der Waals surface area contributed by atoms with E-state index in [9.17, 15) is 36.9 Å². The van der Waals surface area contributed by atoms with E-state index in [0.717, 1.165) is 45.7 Å². The van der Waals surface area contributed by atoms with Crippen molar-refractivity contribution < 1.29 is 74.9 Å². The van der Waals surface area contributed by atoms with Crippen LogP contribution in [0.2, 0.25) is 0 Å². The molecule has 2 atom stereocenters. The molecule has 1 saturated heterocycles. The van der Waals surface area contributed by atoms with Gasteiger partial charge in [0.1, 0.15) is 13.2 Å². The third kappa shape index (κ3) is 15.0. The number of ether oxygens (including phenoxy) is 7. The molecule has 0 aromatic heterocycles. The number of amides is 4. The summed E-state index contributed by atoms with van der Waals surface area (Å²) in [4.78, 5) is 81.1. The molecule has 0 saturated carbocycles. The van der Waals surface area contributed by atoms with E-state index in [1.165, 1.54) is 35.8 Å². The molecule has 22 nitrogen and oxygen atoms in total. The predicted octanol–water partition coefficient (Wildman–Crippen LogP) is 8.29. The van der Waals surface area contributed by atoms with Crippen LogP contribution in [0.25, 0.3) is 0 Å². The second kappa shape index (κ2) is 28.4. The Balaban J connectivity index is 0.993. The number of aliphatic imine (C=N–C) groups is 1. The lowest BCUT2D eigenvalue weighted by Gasteiger charge is -2.34. The van der Waals surface area contributed by atoms with Crippen molar-refractivity contribution in [2.45, 2.75) is 75.2 Å². The minimum atomic E-state index is -4.99. The Bertz CT molecular complexity index is 3460. The molecule has 0 bridgehead atoms. The molecule has 5 aromatic rings. The Kier molecular flexibility index (Phi) is 20.9. The molecule has 0 radical (unpaired) electrons. The number of fused-ring (bicyclic) bond motifs is 5. The maximum Gasteiger partial charge on any atom is 0.353 e. The molecule has 4 heterocycles. The highest BCUT2D eigenvalue weighted by Crippen LogP contribution is 2.43. The highest BCUT2D eigenvalue weighted by atomic mass is 33.1. The number of hydrogen-bond acceptors (Lipinski definition) is 20. The average Bonchev–Trinajstić information content (AvgIpc) is 1.79. The van der Waals surface area contributed by atoms with Crippen molar-refractivity contribution in [3.63, 3.8) is 0 Å². The van der Waals surface area contributed by atoms with E-state index < -0.39 is 37.9 Å². The molecule has 9 rings (SSSR count). The van der Waals surface area contributed by atoms with Gasteiger partial charge in [0.25, 0.3) is 33.7 Å². The predicted molar refractivity (Wildman–Crippen MR) is 328 cm³/mol. The quantitative estimate of drug-likeness (QED) is 0.0190. The Hall–Kier alpha value is -7.39. The number of nitrogens with zero attached hydrogens (tertiary/aromatic N) is 5. The van der Waals surface area contributed by atoms with Crippen LogP contribution in [0.4, 0.5) is 28.4 Å². The van der Waals surface area contributed by atoms with Crippen molar-refractivity contribution in [3.05, 3.63) is 124 Å². The van der Waals surface area contributed by atoms with Gasteiger partial charge in [0.05, 0.1) is 75.8 Å². The minimum Gasteiger partial charge on any atom is -0.493 e. The summed E-state index contributed by atoms with van der Waals surface area (Å²) < 4.78 is 76.2. The second-order valence-electron chi connectivity index (χ2n) is 21.2. The normalized spacial score (nSPS) is 15.6. The van der Waals surface area contributed by atoms with Crippen LogP contribution in [0.5, 0.6) is 23.0 Å². The van der Waals surface area contributed by atoms with Gasteiger partial charge in [-0.3, -0.25) is 33.6 Å². The number of nitrogens with one attached hydrogen (secondary N) is 1. The maximum absolute atomic E-state index is 14.3. The lowest BCUT2D eigenvalue weighted by Crippen LogP contribution is -2.40. The van der Waals surface area contributed by atoms with E-state index in [2.05, 4.69) is 10.2 Å². The van der Waals surface area contributed by atoms with Crippen molar-refractivity contribution in [2.75, 3.05) is 107 Å². The summed E-state index contributed by atoms with van der Waals surface area (Å²) in [6.07, 6.45) is 2.42. The summed E-state index contributed by atoms with van der Waals surface area (Å²) in [6.45, 7) is 7.14. The third-order valence-corrected chi connectivity index (χ3v) is 19.1. The fourth-order valence-electron chi connectivity index (χ4n) is 10.5. The van der Waals surface area contributed by atoms with Gasteiger partial charge >= 0.3 is 5.97 Å².